The van der Waals surface area contributed by atoms with Gasteiger partial charge in [-0.3, -0.25) is 9.78 Å². The molecule has 0 spiro atoms. The van der Waals surface area contributed by atoms with E-state index in [1.54, 1.807) is 18.2 Å². The quantitative estimate of drug-likeness (QED) is 0.518. The largest absolute Gasteiger partial charge is 0.363 e. The molecule has 9 heteroatoms. The molecule has 178 valence electrons. The van der Waals surface area contributed by atoms with Gasteiger partial charge in [0.1, 0.15) is 12.1 Å². The van der Waals surface area contributed by atoms with Crippen LogP contribution in [0.4, 0.5) is 11.5 Å². The monoisotopic (exact) mass is 487 g/mol. The van der Waals surface area contributed by atoms with Crippen LogP contribution in [0.15, 0.2) is 49.1 Å². The van der Waals surface area contributed by atoms with E-state index in [0.717, 1.165) is 46.5 Å². The summed E-state index contributed by atoms with van der Waals surface area (Å²) < 4.78 is 0. The Kier molecular flexibility index (Phi) is 6.27. The molecule has 1 amide bonds. The van der Waals surface area contributed by atoms with Crippen molar-refractivity contribution in [2.24, 2.45) is 0 Å². The molecular formula is C26H26ClN7O. The summed E-state index contributed by atoms with van der Waals surface area (Å²) in [6, 6.07) is 7.89. The molecule has 2 aliphatic heterocycles. The van der Waals surface area contributed by atoms with Crippen LogP contribution in [0.25, 0.3) is 10.8 Å². The minimum Gasteiger partial charge on any atom is -0.363 e. The lowest BCUT2D eigenvalue weighted by molar-refractivity contribution is -0.129. The van der Waals surface area contributed by atoms with Gasteiger partial charge in [0, 0.05) is 54.3 Å². The Morgan fingerprint density at radius 2 is 2.09 bits per heavy atom. The van der Waals surface area contributed by atoms with E-state index in [2.05, 4.69) is 37.4 Å². The molecule has 0 radical (unpaired) electrons. The summed E-state index contributed by atoms with van der Waals surface area (Å²) in [6.45, 7) is 8.66. The van der Waals surface area contributed by atoms with Crippen LogP contribution in [0.2, 0.25) is 5.02 Å². The number of aromatic nitrogens is 3. The van der Waals surface area contributed by atoms with Crippen molar-refractivity contribution in [2.45, 2.75) is 32.4 Å². The molecule has 35 heavy (non-hydrogen) atoms. The average Bonchev–Trinajstić information content (AvgIpc) is 2.87. The van der Waals surface area contributed by atoms with E-state index in [9.17, 15) is 10.1 Å². The lowest BCUT2D eigenvalue weighted by Gasteiger charge is -2.42. The van der Waals surface area contributed by atoms with Gasteiger partial charge in [0.05, 0.1) is 47.7 Å². The first-order valence-corrected chi connectivity index (χ1v) is 12.0. The standard InChI is InChI=1S/C26H26ClN7O/c1-17(2)26(35)34-11-10-33(14-19(34)6-8-28)25-20-7-9-32(15-22(20)30-16-31-25)23-13-29-12-18-4-3-5-21(27)24(18)23/h3-5,12-13,16,19H,1,6-7,9-11,14-15H2,2H3/t19-/m0/s1. The number of nitrogens with zero attached hydrogens (tertiary/aromatic N) is 7. The van der Waals surface area contributed by atoms with Gasteiger partial charge in [-0.1, -0.05) is 30.3 Å². The highest BCUT2D eigenvalue weighted by Crippen LogP contribution is 2.35. The maximum Gasteiger partial charge on any atom is 0.249 e. The number of carbonyl (C=O) groups excluding carboxylic acids is 1. The van der Waals surface area contributed by atoms with E-state index in [-0.39, 0.29) is 18.4 Å². The molecule has 8 nitrogen and oxygen atoms in total. The molecule has 1 atom stereocenters. The lowest BCUT2D eigenvalue weighted by Crippen LogP contribution is -2.55. The summed E-state index contributed by atoms with van der Waals surface area (Å²) in [6.07, 6.45) is 6.35. The second kappa shape index (κ2) is 9.51. The van der Waals surface area contributed by atoms with Gasteiger partial charge < -0.3 is 14.7 Å². The number of anilines is 2. The zero-order valence-corrected chi connectivity index (χ0v) is 20.4. The van der Waals surface area contributed by atoms with E-state index < -0.39 is 0 Å². The Balaban J connectivity index is 1.42. The minimum absolute atomic E-state index is 0.0902. The van der Waals surface area contributed by atoms with Crippen molar-refractivity contribution in [2.75, 3.05) is 36.0 Å². The van der Waals surface area contributed by atoms with Crippen LogP contribution in [0.1, 0.15) is 24.6 Å². The number of pyridine rings is 1. The first kappa shape index (κ1) is 23.1. The molecular weight excluding hydrogens is 462 g/mol. The van der Waals surface area contributed by atoms with Crippen LogP contribution in [0, 0.1) is 11.3 Å². The first-order chi connectivity index (χ1) is 17.0. The molecule has 3 aromatic rings. The second-order valence-electron chi connectivity index (χ2n) is 9.03. The molecule has 0 aliphatic carbocycles. The highest BCUT2D eigenvalue weighted by molar-refractivity contribution is 6.36. The molecule has 0 saturated carbocycles. The number of carbonyl (C=O) groups is 1. The summed E-state index contributed by atoms with van der Waals surface area (Å²) in [5, 5.41) is 12.1. The second-order valence-corrected chi connectivity index (χ2v) is 9.44. The Bertz CT molecular complexity index is 1350. The third kappa shape index (κ3) is 4.28. The number of halogens is 1. The van der Waals surface area contributed by atoms with Gasteiger partial charge in [-0.15, -0.1) is 0 Å². The van der Waals surface area contributed by atoms with Crippen LogP contribution < -0.4 is 9.80 Å². The maximum atomic E-state index is 12.6. The van der Waals surface area contributed by atoms with Gasteiger partial charge in [-0.2, -0.15) is 5.26 Å². The van der Waals surface area contributed by atoms with E-state index in [0.29, 0.717) is 36.8 Å². The van der Waals surface area contributed by atoms with E-state index in [1.807, 2.05) is 30.6 Å². The van der Waals surface area contributed by atoms with Crippen molar-refractivity contribution in [3.05, 3.63) is 65.4 Å². The summed E-state index contributed by atoms with van der Waals surface area (Å²) >= 11 is 6.56. The number of benzene rings is 1. The normalized spacial score (nSPS) is 17.7. The smallest absolute Gasteiger partial charge is 0.249 e. The van der Waals surface area contributed by atoms with Gasteiger partial charge in [-0.05, 0) is 19.4 Å². The molecule has 1 saturated heterocycles. The van der Waals surface area contributed by atoms with Crippen LogP contribution in [0.3, 0.4) is 0 Å². The third-order valence-electron chi connectivity index (χ3n) is 6.77. The Hall–Kier alpha value is -3.70. The zero-order chi connectivity index (χ0) is 24.5. The van der Waals surface area contributed by atoms with Crippen molar-refractivity contribution in [1.82, 2.24) is 19.9 Å². The fraction of sp³-hybridized carbons (Fsp3) is 0.346. The number of nitriles is 1. The molecule has 2 aromatic heterocycles. The van der Waals surface area contributed by atoms with Crippen LogP contribution in [-0.4, -0.2) is 58.0 Å². The fourth-order valence-corrected chi connectivity index (χ4v) is 5.35. The number of rotatable bonds is 4. The number of hydrogen-bond donors (Lipinski definition) is 0. The molecule has 1 aromatic carbocycles. The van der Waals surface area contributed by atoms with Gasteiger partial charge in [0.2, 0.25) is 5.91 Å². The molecule has 0 N–H and O–H groups in total. The van der Waals surface area contributed by atoms with Crippen molar-refractivity contribution < 1.29 is 4.79 Å². The highest BCUT2D eigenvalue weighted by atomic mass is 35.5. The van der Waals surface area contributed by atoms with Gasteiger partial charge in [-0.25, -0.2) is 9.97 Å². The first-order valence-electron chi connectivity index (χ1n) is 11.7. The summed E-state index contributed by atoms with van der Waals surface area (Å²) in [5.74, 6) is 0.807. The SMILES string of the molecule is C=C(C)C(=O)N1CCN(c2ncnc3c2CCN(c2cncc4cccc(Cl)c24)C3)C[C@@H]1CC#N. The van der Waals surface area contributed by atoms with E-state index in [1.165, 1.54) is 0 Å². The van der Waals surface area contributed by atoms with Crippen molar-refractivity contribution in [1.29, 1.82) is 5.26 Å². The minimum atomic E-state index is -0.201. The predicted octanol–water partition coefficient (Wildman–Crippen LogP) is 3.75. The summed E-state index contributed by atoms with van der Waals surface area (Å²) in [7, 11) is 0. The predicted molar refractivity (Wildman–Crippen MR) is 136 cm³/mol. The number of amides is 1. The Labute approximate surface area is 209 Å². The van der Waals surface area contributed by atoms with Crippen molar-refractivity contribution in [3.8, 4) is 6.07 Å². The summed E-state index contributed by atoms with van der Waals surface area (Å²) in [5.41, 5.74) is 3.59. The maximum absolute atomic E-state index is 12.6. The van der Waals surface area contributed by atoms with E-state index >= 15 is 0 Å². The summed E-state index contributed by atoms with van der Waals surface area (Å²) in [4.78, 5) is 32.5. The van der Waals surface area contributed by atoms with Gasteiger partial charge in [0.15, 0.2) is 0 Å². The molecule has 0 bridgehead atoms. The number of fused-ring (bicyclic) bond motifs is 2. The molecule has 4 heterocycles. The Morgan fingerprint density at radius 1 is 1.23 bits per heavy atom. The van der Waals surface area contributed by atoms with Crippen LogP contribution in [-0.2, 0) is 17.8 Å². The molecule has 2 aliphatic rings. The highest BCUT2D eigenvalue weighted by Gasteiger charge is 2.33. The third-order valence-corrected chi connectivity index (χ3v) is 7.09. The number of hydrogen-bond acceptors (Lipinski definition) is 7. The average molecular weight is 488 g/mol. The topological polar surface area (TPSA) is 89.2 Å². The van der Waals surface area contributed by atoms with E-state index in [4.69, 9.17) is 11.6 Å². The van der Waals surface area contributed by atoms with Gasteiger partial charge in [0.25, 0.3) is 0 Å². The molecule has 1 fully saturated rings. The van der Waals surface area contributed by atoms with Crippen LogP contribution >= 0.6 is 11.6 Å². The Morgan fingerprint density at radius 3 is 2.89 bits per heavy atom. The van der Waals surface area contributed by atoms with Crippen molar-refractivity contribution >= 4 is 39.8 Å². The van der Waals surface area contributed by atoms with Crippen LogP contribution in [0.5, 0.6) is 0 Å². The molecule has 0 unspecified atom stereocenters. The molecule has 5 rings (SSSR count). The van der Waals surface area contributed by atoms with Crippen molar-refractivity contribution in [3.63, 3.8) is 0 Å². The fourth-order valence-electron chi connectivity index (χ4n) is 5.07. The lowest BCUT2D eigenvalue weighted by atomic mass is 10.0. The van der Waals surface area contributed by atoms with Gasteiger partial charge >= 0.3 is 0 Å². The zero-order valence-electron chi connectivity index (χ0n) is 19.6. The number of piperazine rings is 1.